The van der Waals surface area contributed by atoms with Gasteiger partial charge < -0.3 is 13.7 Å². The van der Waals surface area contributed by atoms with E-state index in [4.69, 9.17) is 8.83 Å². The van der Waals surface area contributed by atoms with Crippen molar-refractivity contribution in [1.29, 1.82) is 0 Å². The molecule has 0 N–H and O–H groups in total. The van der Waals surface area contributed by atoms with Gasteiger partial charge in [-0.05, 0) is 42.2 Å². The quantitative estimate of drug-likeness (QED) is 0.617. The summed E-state index contributed by atoms with van der Waals surface area (Å²) in [6.07, 6.45) is 3.19. The molecule has 1 aromatic carbocycles. The van der Waals surface area contributed by atoms with Crippen molar-refractivity contribution < 1.29 is 13.6 Å². The molecule has 2 heterocycles. The molecule has 4 nitrogen and oxygen atoms in total. The Morgan fingerprint density at radius 3 is 2.50 bits per heavy atom. The van der Waals surface area contributed by atoms with E-state index in [1.165, 1.54) is 6.42 Å². The van der Waals surface area contributed by atoms with E-state index in [0.717, 1.165) is 22.8 Å². The molecule has 0 saturated heterocycles. The van der Waals surface area contributed by atoms with Gasteiger partial charge in [0.2, 0.25) is 5.91 Å². The highest BCUT2D eigenvalue weighted by molar-refractivity contribution is 5.78. The van der Waals surface area contributed by atoms with Crippen LogP contribution in [0.2, 0.25) is 0 Å². The number of hydrogen-bond acceptors (Lipinski definition) is 3. The smallest absolute Gasteiger partial charge is 0.227 e. The van der Waals surface area contributed by atoms with Crippen LogP contribution in [0, 0.1) is 5.92 Å². The van der Waals surface area contributed by atoms with Gasteiger partial charge in [-0.15, -0.1) is 0 Å². The van der Waals surface area contributed by atoms with E-state index in [1.54, 1.807) is 11.2 Å². The molecule has 0 aliphatic heterocycles. The van der Waals surface area contributed by atoms with Crippen molar-refractivity contribution in [2.75, 3.05) is 0 Å². The summed E-state index contributed by atoms with van der Waals surface area (Å²) < 4.78 is 11.4. The van der Waals surface area contributed by atoms with Crippen LogP contribution in [0.5, 0.6) is 0 Å². The van der Waals surface area contributed by atoms with E-state index in [-0.39, 0.29) is 5.91 Å². The minimum Gasteiger partial charge on any atom is -0.467 e. The molecule has 2 unspecified atom stereocenters. The first-order valence-corrected chi connectivity index (χ1v) is 9.12. The van der Waals surface area contributed by atoms with Crippen molar-refractivity contribution in [3.63, 3.8) is 0 Å². The summed E-state index contributed by atoms with van der Waals surface area (Å²) in [4.78, 5) is 14.7. The molecular formula is C22H23NO3. The Labute approximate surface area is 153 Å². The lowest BCUT2D eigenvalue weighted by molar-refractivity contribution is -0.132. The summed E-state index contributed by atoms with van der Waals surface area (Å²) in [6, 6.07) is 17.6. The second kappa shape index (κ2) is 7.24. The first-order chi connectivity index (χ1) is 12.7. The van der Waals surface area contributed by atoms with Crippen LogP contribution in [0.15, 0.2) is 69.7 Å². The van der Waals surface area contributed by atoms with E-state index in [0.29, 0.717) is 31.3 Å². The summed E-state index contributed by atoms with van der Waals surface area (Å²) in [5.41, 5.74) is 1.01. The SMILES string of the molecule is CC1CC1c1ccc(CN(Cc2ccco2)C(=O)Cc2ccccc2)o1. The molecule has 2 aromatic heterocycles. The Balaban J connectivity index is 1.48. The molecule has 0 radical (unpaired) electrons. The Morgan fingerprint density at radius 2 is 1.81 bits per heavy atom. The van der Waals surface area contributed by atoms with Gasteiger partial charge in [0.25, 0.3) is 0 Å². The molecule has 0 bridgehead atoms. The lowest BCUT2D eigenvalue weighted by Crippen LogP contribution is -2.31. The zero-order valence-corrected chi connectivity index (χ0v) is 14.9. The van der Waals surface area contributed by atoms with Crippen molar-refractivity contribution in [2.45, 2.75) is 38.8 Å². The van der Waals surface area contributed by atoms with Crippen LogP contribution in [0.1, 0.15) is 42.1 Å². The maximum Gasteiger partial charge on any atom is 0.227 e. The Kier molecular flexibility index (Phi) is 4.65. The number of rotatable bonds is 7. The van der Waals surface area contributed by atoms with Crippen molar-refractivity contribution in [3.8, 4) is 0 Å². The first-order valence-electron chi connectivity index (χ1n) is 9.12. The summed E-state index contributed by atoms with van der Waals surface area (Å²) in [5, 5.41) is 0. The largest absolute Gasteiger partial charge is 0.467 e. The predicted molar refractivity (Wildman–Crippen MR) is 98.3 cm³/mol. The molecule has 4 rings (SSSR count). The topological polar surface area (TPSA) is 46.6 Å². The minimum atomic E-state index is 0.0605. The van der Waals surface area contributed by atoms with Crippen molar-refractivity contribution in [3.05, 3.63) is 83.7 Å². The third kappa shape index (κ3) is 3.90. The maximum absolute atomic E-state index is 12.9. The highest BCUT2D eigenvalue weighted by Crippen LogP contribution is 2.47. The average Bonchev–Trinajstić information content (AvgIpc) is 3.05. The molecule has 3 aromatic rings. The number of furan rings is 2. The summed E-state index contributed by atoms with van der Waals surface area (Å²) in [5.74, 6) is 3.95. The van der Waals surface area contributed by atoms with Gasteiger partial charge in [0.1, 0.15) is 17.3 Å². The molecular weight excluding hydrogens is 326 g/mol. The Bertz CT molecular complexity index is 851. The van der Waals surface area contributed by atoms with Gasteiger partial charge in [-0.1, -0.05) is 37.3 Å². The maximum atomic E-state index is 12.9. The monoisotopic (exact) mass is 349 g/mol. The molecule has 1 aliphatic rings. The van der Waals surface area contributed by atoms with E-state index < -0.39 is 0 Å². The molecule has 0 spiro atoms. The van der Waals surface area contributed by atoms with Gasteiger partial charge >= 0.3 is 0 Å². The van der Waals surface area contributed by atoms with Gasteiger partial charge in [-0.2, -0.15) is 0 Å². The first kappa shape index (κ1) is 16.7. The highest BCUT2D eigenvalue weighted by atomic mass is 16.3. The fourth-order valence-corrected chi connectivity index (χ4v) is 3.29. The van der Waals surface area contributed by atoms with Crippen LogP contribution >= 0.6 is 0 Å². The van der Waals surface area contributed by atoms with Crippen molar-refractivity contribution in [1.82, 2.24) is 4.90 Å². The third-order valence-electron chi connectivity index (χ3n) is 4.98. The average molecular weight is 349 g/mol. The number of carbonyl (C=O) groups is 1. The number of hydrogen-bond donors (Lipinski definition) is 0. The van der Waals surface area contributed by atoms with Gasteiger partial charge in [-0.3, -0.25) is 4.79 Å². The molecule has 1 fully saturated rings. The summed E-state index contributed by atoms with van der Waals surface area (Å²) >= 11 is 0. The van der Waals surface area contributed by atoms with Crippen LogP contribution < -0.4 is 0 Å². The molecule has 134 valence electrons. The van der Waals surface area contributed by atoms with Gasteiger partial charge in [0.05, 0.1) is 25.8 Å². The molecule has 26 heavy (non-hydrogen) atoms. The fraction of sp³-hybridized carbons (Fsp3) is 0.318. The van der Waals surface area contributed by atoms with Gasteiger partial charge in [0, 0.05) is 5.92 Å². The molecule has 1 saturated carbocycles. The van der Waals surface area contributed by atoms with Crippen LogP contribution in [0.4, 0.5) is 0 Å². The molecule has 1 amide bonds. The normalized spacial score (nSPS) is 18.7. The summed E-state index contributed by atoms with van der Waals surface area (Å²) in [6.45, 7) is 3.13. The number of carbonyl (C=O) groups excluding carboxylic acids is 1. The second-order valence-corrected chi connectivity index (χ2v) is 7.12. The zero-order valence-electron chi connectivity index (χ0n) is 14.9. The van der Waals surface area contributed by atoms with Crippen LogP contribution in [0.3, 0.4) is 0 Å². The molecule has 1 aliphatic carbocycles. The van der Waals surface area contributed by atoms with Gasteiger partial charge in [-0.25, -0.2) is 0 Å². The van der Waals surface area contributed by atoms with Crippen molar-refractivity contribution >= 4 is 5.91 Å². The minimum absolute atomic E-state index is 0.0605. The van der Waals surface area contributed by atoms with Crippen LogP contribution in [-0.2, 0) is 24.3 Å². The number of amides is 1. The van der Waals surface area contributed by atoms with Crippen LogP contribution in [0.25, 0.3) is 0 Å². The predicted octanol–water partition coefficient (Wildman–Crippen LogP) is 4.77. The lowest BCUT2D eigenvalue weighted by atomic mass is 10.1. The van der Waals surface area contributed by atoms with E-state index in [9.17, 15) is 4.79 Å². The lowest BCUT2D eigenvalue weighted by Gasteiger charge is -2.21. The van der Waals surface area contributed by atoms with E-state index >= 15 is 0 Å². The van der Waals surface area contributed by atoms with E-state index in [2.05, 4.69) is 13.0 Å². The number of benzene rings is 1. The molecule has 2 atom stereocenters. The number of nitrogens with zero attached hydrogens (tertiary/aromatic N) is 1. The fourth-order valence-electron chi connectivity index (χ4n) is 3.29. The standard InChI is InChI=1S/C22H23NO3/c1-16-12-20(16)21-10-9-19(26-21)15-23(14-18-8-5-11-25-18)22(24)13-17-6-3-2-4-7-17/h2-11,16,20H,12-15H2,1H3. The van der Waals surface area contributed by atoms with Gasteiger partial charge in [0.15, 0.2) is 0 Å². The summed E-state index contributed by atoms with van der Waals surface area (Å²) in [7, 11) is 0. The second-order valence-electron chi connectivity index (χ2n) is 7.12. The van der Waals surface area contributed by atoms with E-state index in [1.807, 2.05) is 48.5 Å². The Hall–Kier alpha value is -2.75. The van der Waals surface area contributed by atoms with Crippen molar-refractivity contribution in [2.24, 2.45) is 5.92 Å². The Morgan fingerprint density at radius 1 is 1.04 bits per heavy atom. The highest BCUT2D eigenvalue weighted by Gasteiger charge is 2.36. The van der Waals surface area contributed by atoms with Crippen LogP contribution in [-0.4, -0.2) is 10.8 Å². The third-order valence-corrected chi connectivity index (χ3v) is 4.98. The molecule has 4 heteroatoms. The zero-order chi connectivity index (χ0) is 17.9.